The van der Waals surface area contributed by atoms with E-state index >= 15 is 0 Å². The lowest BCUT2D eigenvalue weighted by molar-refractivity contribution is -0.143. The van der Waals surface area contributed by atoms with Gasteiger partial charge in [-0.3, -0.25) is 0 Å². The Morgan fingerprint density at radius 2 is 2.06 bits per heavy atom. The van der Waals surface area contributed by atoms with Crippen molar-refractivity contribution in [3.8, 4) is 0 Å². The fourth-order valence-corrected chi connectivity index (χ4v) is 2.68. The molecule has 0 aliphatic heterocycles. The molecule has 0 aromatic heterocycles. The molecule has 1 amide bonds. The molecular formula is C12H21NO3. The lowest BCUT2D eigenvalue weighted by Crippen LogP contribution is -2.67. The molecule has 0 aromatic carbocycles. The number of rotatable bonds is 1. The molecule has 2 fully saturated rings. The van der Waals surface area contributed by atoms with Crippen molar-refractivity contribution in [2.24, 2.45) is 5.41 Å². The van der Waals surface area contributed by atoms with Gasteiger partial charge in [0.1, 0.15) is 5.60 Å². The molecular weight excluding hydrogens is 206 g/mol. The number of nitrogens with one attached hydrogen (secondary N) is 1. The second-order valence-electron chi connectivity index (χ2n) is 6.04. The summed E-state index contributed by atoms with van der Waals surface area (Å²) in [5.41, 5.74) is -0.490. The number of hydrogen-bond acceptors (Lipinski definition) is 3. The number of alkyl carbamates (subject to hydrolysis) is 1. The quantitative estimate of drug-likeness (QED) is 0.718. The molecule has 2 rings (SSSR count). The highest BCUT2D eigenvalue weighted by Gasteiger charge is 2.58. The Morgan fingerprint density at radius 3 is 2.44 bits per heavy atom. The molecule has 2 N–H and O–H groups in total. The standard InChI is InChI=1S/C12H21NO3/c1-11(2,3)16-10(15)13-8-7-9(14)12(8)5-4-6-12/h8-9,14H,4-7H2,1-3H3,(H,13,15)/t8-,9+/m0/s1. The molecule has 4 heteroatoms. The van der Waals surface area contributed by atoms with E-state index in [4.69, 9.17) is 4.74 Å². The highest BCUT2D eigenvalue weighted by atomic mass is 16.6. The predicted octanol–water partition coefficient (Wildman–Crippen LogP) is 1.81. The van der Waals surface area contributed by atoms with Crippen LogP contribution in [0.15, 0.2) is 0 Å². The van der Waals surface area contributed by atoms with E-state index in [2.05, 4.69) is 5.32 Å². The highest BCUT2D eigenvalue weighted by Crippen LogP contribution is 2.55. The SMILES string of the molecule is CC(C)(C)OC(=O)N[C@H]1C[C@@H](O)C12CCC2. The van der Waals surface area contributed by atoms with E-state index in [-0.39, 0.29) is 23.7 Å². The van der Waals surface area contributed by atoms with Gasteiger partial charge in [-0.2, -0.15) is 0 Å². The normalized spacial score (nSPS) is 31.5. The van der Waals surface area contributed by atoms with Gasteiger partial charge in [0.15, 0.2) is 0 Å². The van der Waals surface area contributed by atoms with Gasteiger partial charge in [-0.05, 0) is 40.0 Å². The van der Waals surface area contributed by atoms with Gasteiger partial charge >= 0.3 is 6.09 Å². The Hall–Kier alpha value is -0.770. The molecule has 16 heavy (non-hydrogen) atoms. The largest absolute Gasteiger partial charge is 0.444 e. The summed E-state index contributed by atoms with van der Waals surface area (Å²) in [5.74, 6) is 0. The summed E-state index contributed by atoms with van der Waals surface area (Å²) < 4.78 is 5.21. The number of ether oxygens (including phenoxy) is 1. The Morgan fingerprint density at radius 1 is 1.44 bits per heavy atom. The number of hydrogen-bond donors (Lipinski definition) is 2. The fourth-order valence-electron chi connectivity index (χ4n) is 2.68. The summed E-state index contributed by atoms with van der Waals surface area (Å²) in [6.07, 6.45) is 3.27. The van der Waals surface area contributed by atoms with Crippen LogP contribution in [0.2, 0.25) is 0 Å². The van der Waals surface area contributed by atoms with E-state index in [9.17, 15) is 9.90 Å². The molecule has 2 aliphatic rings. The van der Waals surface area contributed by atoms with Crippen molar-refractivity contribution in [1.29, 1.82) is 0 Å². The zero-order valence-corrected chi connectivity index (χ0v) is 10.2. The monoisotopic (exact) mass is 227 g/mol. The van der Waals surface area contributed by atoms with Crippen LogP contribution in [0.25, 0.3) is 0 Å². The third kappa shape index (κ3) is 1.90. The van der Waals surface area contributed by atoms with E-state index in [1.807, 2.05) is 20.8 Å². The molecule has 0 saturated heterocycles. The van der Waals surface area contributed by atoms with Crippen LogP contribution in [0.5, 0.6) is 0 Å². The van der Waals surface area contributed by atoms with Crippen LogP contribution in [0, 0.1) is 5.41 Å². The summed E-state index contributed by atoms with van der Waals surface area (Å²) >= 11 is 0. The molecule has 0 bridgehead atoms. The maximum Gasteiger partial charge on any atom is 0.407 e. The van der Waals surface area contributed by atoms with Gasteiger partial charge in [0.05, 0.1) is 6.10 Å². The summed E-state index contributed by atoms with van der Waals surface area (Å²) in [6, 6.07) is 0.103. The minimum Gasteiger partial charge on any atom is -0.444 e. The zero-order chi connectivity index (χ0) is 12.0. The van der Waals surface area contributed by atoms with Crippen LogP contribution in [0.3, 0.4) is 0 Å². The van der Waals surface area contributed by atoms with Crippen LogP contribution in [0.1, 0.15) is 46.5 Å². The second-order valence-corrected chi connectivity index (χ2v) is 6.04. The predicted molar refractivity (Wildman–Crippen MR) is 60.1 cm³/mol. The van der Waals surface area contributed by atoms with Crippen molar-refractivity contribution in [2.45, 2.75) is 64.2 Å². The smallest absolute Gasteiger partial charge is 0.407 e. The zero-order valence-electron chi connectivity index (χ0n) is 10.2. The summed E-state index contributed by atoms with van der Waals surface area (Å²) in [6.45, 7) is 5.55. The molecule has 0 radical (unpaired) electrons. The minimum atomic E-state index is -0.459. The lowest BCUT2D eigenvalue weighted by Gasteiger charge is -2.59. The molecule has 4 nitrogen and oxygen atoms in total. The maximum atomic E-state index is 11.6. The number of carbonyl (C=O) groups is 1. The van der Waals surface area contributed by atoms with Gasteiger partial charge in [0.2, 0.25) is 0 Å². The van der Waals surface area contributed by atoms with Crippen molar-refractivity contribution in [3.63, 3.8) is 0 Å². The van der Waals surface area contributed by atoms with Crippen molar-refractivity contribution < 1.29 is 14.6 Å². The lowest BCUT2D eigenvalue weighted by atomic mass is 9.51. The third-order valence-corrected chi connectivity index (χ3v) is 3.79. The van der Waals surface area contributed by atoms with Crippen molar-refractivity contribution >= 4 is 6.09 Å². The van der Waals surface area contributed by atoms with Crippen molar-refractivity contribution in [3.05, 3.63) is 0 Å². The Kier molecular flexibility index (Phi) is 2.65. The van der Waals surface area contributed by atoms with Crippen LogP contribution < -0.4 is 5.32 Å². The van der Waals surface area contributed by atoms with E-state index in [0.29, 0.717) is 6.42 Å². The van der Waals surface area contributed by atoms with E-state index in [1.165, 1.54) is 0 Å². The van der Waals surface area contributed by atoms with Crippen LogP contribution in [-0.4, -0.2) is 28.9 Å². The average molecular weight is 227 g/mol. The molecule has 2 aliphatic carbocycles. The highest BCUT2D eigenvalue weighted by molar-refractivity contribution is 5.68. The maximum absolute atomic E-state index is 11.6. The molecule has 0 unspecified atom stereocenters. The second kappa shape index (κ2) is 3.62. The number of carbonyl (C=O) groups excluding carboxylic acids is 1. The number of amides is 1. The average Bonchev–Trinajstić information content (AvgIpc) is 1.95. The third-order valence-electron chi connectivity index (χ3n) is 3.79. The van der Waals surface area contributed by atoms with Crippen LogP contribution in [0.4, 0.5) is 4.79 Å². The Labute approximate surface area is 96.4 Å². The van der Waals surface area contributed by atoms with Crippen LogP contribution in [-0.2, 0) is 4.74 Å². The Balaban J connectivity index is 1.85. The molecule has 0 aromatic rings. The van der Waals surface area contributed by atoms with Crippen molar-refractivity contribution in [2.75, 3.05) is 0 Å². The topological polar surface area (TPSA) is 58.6 Å². The van der Waals surface area contributed by atoms with Gasteiger partial charge in [-0.1, -0.05) is 6.42 Å². The van der Waals surface area contributed by atoms with Gasteiger partial charge in [-0.25, -0.2) is 4.79 Å². The van der Waals surface area contributed by atoms with Crippen LogP contribution >= 0.6 is 0 Å². The fraction of sp³-hybridized carbons (Fsp3) is 0.917. The first-order chi connectivity index (χ1) is 7.33. The summed E-state index contributed by atoms with van der Waals surface area (Å²) in [7, 11) is 0. The van der Waals surface area contributed by atoms with Gasteiger partial charge in [-0.15, -0.1) is 0 Å². The van der Waals surface area contributed by atoms with Gasteiger partial charge < -0.3 is 15.2 Å². The van der Waals surface area contributed by atoms with Gasteiger partial charge in [0.25, 0.3) is 0 Å². The summed E-state index contributed by atoms with van der Waals surface area (Å²) in [4.78, 5) is 11.6. The first kappa shape index (κ1) is 11.7. The number of aliphatic hydroxyl groups excluding tert-OH is 1. The van der Waals surface area contributed by atoms with Gasteiger partial charge in [0, 0.05) is 11.5 Å². The summed E-state index contributed by atoms with van der Waals surface area (Å²) in [5, 5.41) is 12.6. The number of aliphatic hydroxyl groups is 1. The van der Waals surface area contributed by atoms with E-state index < -0.39 is 5.60 Å². The van der Waals surface area contributed by atoms with E-state index in [1.54, 1.807) is 0 Å². The molecule has 1 spiro atoms. The minimum absolute atomic E-state index is 0.0308. The van der Waals surface area contributed by atoms with E-state index in [0.717, 1.165) is 19.3 Å². The molecule has 2 saturated carbocycles. The van der Waals surface area contributed by atoms with Crippen molar-refractivity contribution in [1.82, 2.24) is 5.32 Å². The molecule has 2 atom stereocenters. The molecule has 92 valence electrons. The first-order valence-corrected chi connectivity index (χ1v) is 6.01. The first-order valence-electron chi connectivity index (χ1n) is 6.01. The Bertz CT molecular complexity index is 291. The molecule has 0 heterocycles.